The molecule has 25 heavy (non-hydrogen) atoms. The van der Waals surface area contributed by atoms with Crippen molar-refractivity contribution in [1.82, 2.24) is 0 Å². The Kier molecular flexibility index (Phi) is 8.15. The minimum Gasteiger partial charge on any atom is -0.385 e. The Morgan fingerprint density at radius 3 is 2.16 bits per heavy atom. The van der Waals surface area contributed by atoms with Gasteiger partial charge in [0.1, 0.15) is 0 Å². The fourth-order valence-corrected chi connectivity index (χ4v) is 3.61. The van der Waals surface area contributed by atoms with E-state index in [0.717, 1.165) is 49.7 Å². The average Bonchev–Trinajstić information content (AvgIpc) is 2.56. The van der Waals surface area contributed by atoms with Crippen LogP contribution in [0.1, 0.15) is 59.7 Å². The maximum atomic E-state index is 11.3. The summed E-state index contributed by atoms with van der Waals surface area (Å²) in [5, 5.41) is 10.0. The van der Waals surface area contributed by atoms with Gasteiger partial charge in [0, 0.05) is 12.0 Å². The summed E-state index contributed by atoms with van der Waals surface area (Å²) < 4.78 is 0. The van der Waals surface area contributed by atoms with E-state index in [1.165, 1.54) is 11.1 Å². The topological polar surface area (TPSA) is 37.3 Å². The van der Waals surface area contributed by atoms with Crippen LogP contribution in [0.4, 0.5) is 0 Å². The number of hydrogen-bond acceptors (Lipinski definition) is 2. The Labute approximate surface area is 163 Å². The van der Waals surface area contributed by atoms with Crippen molar-refractivity contribution >= 4 is 5.78 Å². The molecule has 0 radical (unpaired) electrons. The van der Waals surface area contributed by atoms with Crippen molar-refractivity contribution in [3.63, 3.8) is 0 Å². The first-order valence-electron chi connectivity index (χ1n) is 8.50. The van der Waals surface area contributed by atoms with E-state index in [1.807, 2.05) is 49.4 Å². The van der Waals surface area contributed by atoms with Gasteiger partial charge in [0.2, 0.25) is 0 Å². The quantitative estimate of drug-likeness (QED) is 0.592. The third-order valence-corrected chi connectivity index (χ3v) is 4.88. The summed E-state index contributed by atoms with van der Waals surface area (Å²) in [7, 11) is 0. The molecular formula is C22H27LiO2. The number of hydrogen-bond donors (Lipinski definition) is 1. The van der Waals surface area contributed by atoms with E-state index in [0.29, 0.717) is 5.78 Å². The molecule has 1 unspecified atom stereocenters. The molecule has 0 amide bonds. The first-order chi connectivity index (χ1) is 11.1. The number of aryl methyl sites for hydroxylation is 2. The number of carbonyl (C=O) groups excluding carboxylic acids is 1. The molecular weight excluding hydrogens is 303 g/mol. The summed E-state index contributed by atoms with van der Waals surface area (Å²) in [4.78, 5) is 11.3. The molecule has 0 bridgehead atoms. The van der Waals surface area contributed by atoms with Crippen molar-refractivity contribution in [3.8, 4) is 0 Å². The predicted molar refractivity (Wildman–Crippen MR) is 99.1 cm³/mol. The summed E-state index contributed by atoms with van der Waals surface area (Å²) in [6.07, 6.45) is 5.94. The SMILES string of the molecule is CC1(O)CCCc2ccccc21.O=C1CCCc2ccccc21.[CH3-].[Li+]. The molecule has 4 rings (SSSR count). The molecule has 1 atom stereocenters. The van der Waals surface area contributed by atoms with Crippen molar-refractivity contribution in [2.75, 3.05) is 0 Å². The summed E-state index contributed by atoms with van der Waals surface area (Å²) in [5.74, 6) is 0.312. The molecule has 128 valence electrons. The van der Waals surface area contributed by atoms with Crippen LogP contribution >= 0.6 is 0 Å². The second kappa shape index (κ2) is 9.39. The molecule has 2 aromatic carbocycles. The zero-order valence-corrected chi connectivity index (χ0v) is 15.7. The molecule has 2 nitrogen and oxygen atoms in total. The van der Waals surface area contributed by atoms with E-state index >= 15 is 0 Å². The molecule has 0 fully saturated rings. The fraction of sp³-hybridized carbons (Fsp3) is 0.364. The van der Waals surface area contributed by atoms with E-state index in [2.05, 4.69) is 6.07 Å². The molecule has 0 aliphatic heterocycles. The number of fused-ring (bicyclic) bond motifs is 2. The number of aliphatic hydroxyl groups is 1. The van der Waals surface area contributed by atoms with E-state index in [-0.39, 0.29) is 26.3 Å². The van der Waals surface area contributed by atoms with Crippen LogP contribution in [0.3, 0.4) is 0 Å². The Morgan fingerprint density at radius 2 is 1.48 bits per heavy atom. The molecule has 2 aliphatic rings. The molecule has 0 spiro atoms. The molecule has 1 N–H and O–H groups in total. The maximum Gasteiger partial charge on any atom is 1.00 e. The standard InChI is InChI=1S/C11H14O.C10H10O.CH3.Li/c1-11(12)8-4-6-9-5-2-3-7-10(9)11;11-10-7-3-5-8-4-1-2-6-9(8)10;;/h2-3,5,7,12H,4,6,8H2,1H3;1-2,4,6H,3,5,7H2;1H3;/q;;-1;+1. The van der Waals surface area contributed by atoms with Crippen LogP contribution in [-0.2, 0) is 18.4 Å². The van der Waals surface area contributed by atoms with Gasteiger partial charge < -0.3 is 12.5 Å². The molecule has 0 saturated carbocycles. The first kappa shape index (κ1) is 21.7. The van der Waals surface area contributed by atoms with Crippen LogP contribution in [0.25, 0.3) is 0 Å². The van der Waals surface area contributed by atoms with Crippen LogP contribution < -0.4 is 18.9 Å². The second-order valence-corrected chi connectivity index (χ2v) is 6.72. The molecule has 0 aromatic heterocycles. The molecule has 2 aliphatic carbocycles. The van der Waals surface area contributed by atoms with Gasteiger partial charge in [-0.1, -0.05) is 48.5 Å². The number of benzene rings is 2. The monoisotopic (exact) mass is 330 g/mol. The van der Waals surface area contributed by atoms with Gasteiger partial charge in [-0.15, -0.1) is 0 Å². The molecule has 0 heterocycles. The smallest absolute Gasteiger partial charge is 0.385 e. The minimum atomic E-state index is -0.588. The van der Waals surface area contributed by atoms with Gasteiger partial charge >= 0.3 is 18.9 Å². The number of rotatable bonds is 0. The largest absolute Gasteiger partial charge is 1.00 e. The first-order valence-corrected chi connectivity index (χ1v) is 8.50. The average molecular weight is 330 g/mol. The molecule has 2 aromatic rings. The summed E-state index contributed by atoms with van der Waals surface area (Å²) in [6.45, 7) is 1.91. The zero-order chi connectivity index (χ0) is 16.3. The van der Waals surface area contributed by atoms with Crippen molar-refractivity contribution < 1.29 is 28.8 Å². The van der Waals surface area contributed by atoms with Crippen LogP contribution in [0.5, 0.6) is 0 Å². The summed E-state index contributed by atoms with van der Waals surface area (Å²) in [6, 6.07) is 16.1. The van der Waals surface area contributed by atoms with E-state index in [1.54, 1.807) is 0 Å². The van der Waals surface area contributed by atoms with Crippen molar-refractivity contribution in [1.29, 1.82) is 0 Å². The van der Waals surface area contributed by atoms with Crippen molar-refractivity contribution in [2.24, 2.45) is 0 Å². The van der Waals surface area contributed by atoms with Gasteiger partial charge in [0.15, 0.2) is 5.78 Å². The van der Waals surface area contributed by atoms with Crippen LogP contribution in [0.2, 0.25) is 0 Å². The van der Waals surface area contributed by atoms with Gasteiger partial charge in [0.05, 0.1) is 5.60 Å². The Hall–Kier alpha value is -1.33. The van der Waals surface area contributed by atoms with E-state index in [4.69, 9.17) is 0 Å². The second-order valence-electron chi connectivity index (χ2n) is 6.72. The van der Waals surface area contributed by atoms with Gasteiger partial charge in [-0.25, -0.2) is 0 Å². The minimum absolute atomic E-state index is 0. The number of ketones is 1. The summed E-state index contributed by atoms with van der Waals surface area (Å²) in [5.41, 5.74) is 4.02. The number of Topliss-reactive ketones (excluding diaryl/α,β-unsaturated/α-hetero) is 1. The normalized spacial score (nSPS) is 20.6. The van der Waals surface area contributed by atoms with Crippen LogP contribution in [0, 0.1) is 7.43 Å². The Morgan fingerprint density at radius 1 is 0.880 bits per heavy atom. The Bertz CT molecular complexity index is 707. The van der Waals surface area contributed by atoms with E-state index < -0.39 is 5.60 Å². The van der Waals surface area contributed by atoms with Gasteiger partial charge in [-0.05, 0) is 55.7 Å². The molecule has 3 heteroatoms. The van der Waals surface area contributed by atoms with Crippen LogP contribution in [-0.4, -0.2) is 10.9 Å². The third kappa shape index (κ3) is 5.08. The van der Waals surface area contributed by atoms with Crippen molar-refractivity contribution in [2.45, 2.75) is 51.0 Å². The van der Waals surface area contributed by atoms with Gasteiger partial charge in [-0.3, -0.25) is 4.79 Å². The van der Waals surface area contributed by atoms with Crippen molar-refractivity contribution in [3.05, 3.63) is 78.2 Å². The summed E-state index contributed by atoms with van der Waals surface area (Å²) >= 11 is 0. The maximum absolute atomic E-state index is 11.3. The molecule has 0 saturated heterocycles. The third-order valence-electron chi connectivity index (χ3n) is 4.88. The Balaban J connectivity index is 0.000000232. The zero-order valence-electron chi connectivity index (χ0n) is 15.7. The fourth-order valence-electron chi connectivity index (χ4n) is 3.61. The van der Waals surface area contributed by atoms with Gasteiger partial charge in [-0.2, -0.15) is 0 Å². The van der Waals surface area contributed by atoms with Crippen LogP contribution in [0.15, 0.2) is 48.5 Å². The predicted octanol–water partition coefficient (Wildman–Crippen LogP) is 1.89. The van der Waals surface area contributed by atoms with Gasteiger partial charge in [0.25, 0.3) is 0 Å². The number of carbonyl (C=O) groups is 1. The van der Waals surface area contributed by atoms with E-state index in [9.17, 15) is 9.90 Å².